The second kappa shape index (κ2) is 10.5. The maximum Gasteiger partial charge on any atom is 0.319 e. The summed E-state index contributed by atoms with van der Waals surface area (Å²) in [5, 5.41) is 14.6. The summed E-state index contributed by atoms with van der Waals surface area (Å²) in [4.78, 5) is 13.3. The lowest BCUT2D eigenvalue weighted by Gasteiger charge is -2.34. The van der Waals surface area contributed by atoms with Gasteiger partial charge in [0, 0.05) is 54.5 Å². The molecule has 4 saturated heterocycles. The molecule has 4 aliphatic heterocycles. The molecule has 8 rings (SSSR count). The third kappa shape index (κ3) is 4.57. The van der Waals surface area contributed by atoms with Crippen LogP contribution in [0, 0.1) is 29.8 Å². The van der Waals surface area contributed by atoms with Crippen LogP contribution < -0.4 is 15.0 Å². The van der Waals surface area contributed by atoms with Gasteiger partial charge in [-0.3, -0.25) is 4.90 Å². The molecule has 4 aliphatic rings. The number of phenolic OH excluding ortho intramolecular Hbond substituents is 1. The molecule has 0 saturated carbocycles. The Bertz CT molecular complexity index is 1900. The highest BCUT2D eigenvalue weighted by Gasteiger charge is 2.49. The van der Waals surface area contributed by atoms with Crippen LogP contribution in [0.15, 0.2) is 30.3 Å². The molecule has 0 spiro atoms. The van der Waals surface area contributed by atoms with Crippen LogP contribution in [0.1, 0.15) is 37.7 Å². The second-order valence-electron chi connectivity index (χ2n) is 12.8. The van der Waals surface area contributed by atoms with Crippen molar-refractivity contribution in [2.45, 2.75) is 55.9 Å². The van der Waals surface area contributed by atoms with E-state index < -0.39 is 34.7 Å². The van der Waals surface area contributed by atoms with Gasteiger partial charge in [0.1, 0.15) is 41.5 Å². The summed E-state index contributed by atoms with van der Waals surface area (Å²) in [6.45, 7) is 2.47. The molecule has 4 aromatic rings. The van der Waals surface area contributed by atoms with Gasteiger partial charge in [0.15, 0.2) is 5.82 Å². The minimum Gasteiger partial charge on any atom is -0.508 e. The van der Waals surface area contributed by atoms with Gasteiger partial charge in [-0.25, -0.2) is 17.6 Å². The van der Waals surface area contributed by atoms with Gasteiger partial charge in [-0.05, 0) is 61.9 Å². The highest BCUT2D eigenvalue weighted by molar-refractivity contribution is 6.04. The molecular formula is C34H31F4N5O2. The number of rotatable bonds is 5. The molecule has 45 heavy (non-hydrogen) atoms. The van der Waals surface area contributed by atoms with Gasteiger partial charge in [-0.15, -0.1) is 6.42 Å². The number of piperazine rings is 1. The van der Waals surface area contributed by atoms with Crippen LogP contribution in [0.3, 0.4) is 0 Å². The van der Waals surface area contributed by atoms with Crippen molar-refractivity contribution in [3.8, 4) is 35.2 Å². The molecule has 2 N–H and O–H groups in total. The van der Waals surface area contributed by atoms with Crippen molar-refractivity contribution in [2.75, 3.05) is 37.7 Å². The average molecular weight is 618 g/mol. The summed E-state index contributed by atoms with van der Waals surface area (Å²) in [5.74, 6) is -0.295. The van der Waals surface area contributed by atoms with Crippen LogP contribution in [0.5, 0.6) is 11.8 Å². The van der Waals surface area contributed by atoms with Gasteiger partial charge in [-0.2, -0.15) is 9.97 Å². The lowest BCUT2D eigenvalue weighted by atomic mass is 9.92. The van der Waals surface area contributed by atoms with Gasteiger partial charge in [0.05, 0.1) is 16.7 Å². The molecule has 11 heteroatoms. The Morgan fingerprint density at radius 3 is 2.64 bits per heavy atom. The number of ether oxygens (including phenoxy) is 1. The van der Waals surface area contributed by atoms with Crippen molar-refractivity contribution in [3.63, 3.8) is 0 Å². The fourth-order valence-corrected chi connectivity index (χ4v) is 8.09. The normalized spacial score (nSPS) is 26.1. The monoisotopic (exact) mass is 617 g/mol. The van der Waals surface area contributed by atoms with Crippen molar-refractivity contribution < 1.29 is 27.4 Å². The second-order valence-corrected chi connectivity index (χ2v) is 12.8. The van der Waals surface area contributed by atoms with Gasteiger partial charge in [0.25, 0.3) is 0 Å². The molecular weight excluding hydrogens is 586 g/mol. The summed E-state index contributed by atoms with van der Waals surface area (Å²) in [5.41, 5.74) is -1.43. The molecule has 0 unspecified atom stereocenters. The van der Waals surface area contributed by atoms with Crippen molar-refractivity contribution in [3.05, 3.63) is 53.3 Å². The zero-order valence-electron chi connectivity index (χ0n) is 24.4. The molecule has 232 valence electrons. The number of aromatic hydroxyl groups is 1. The number of anilines is 1. The first-order chi connectivity index (χ1) is 21.7. The number of alkyl halides is 1. The van der Waals surface area contributed by atoms with Crippen LogP contribution in [0.2, 0.25) is 0 Å². The topological polar surface area (TPSA) is 73.8 Å². The van der Waals surface area contributed by atoms with E-state index in [9.17, 15) is 13.9 Å². The molecule has 0 radical (unpaired) electrons. The van der Waals surface area contributed by atoms with E-state index in [0.717, 1.165) is 38.3 Å². The van der Waals surface area contributed by atoms with Gasteiger partial charge in [0.2, 0.25) is 0 Å². The summed E-state index contributed by atoms with van der Waals surface area (Å²) in [6.07, 6.45) is 8.71. The number of fused-ring (bicyclic) bond motifs is 5. The molecule has 7 nitrogen and oxygen atoms in total. The number of hydrogen-bond donors (Lipinski definition) is 2. The molecule has 4 atom stereocenters. The lowest BCUT2D eigenvalue weighted by molar-refractivity contribution is 0.107. The number of phenols is 1. The molecule has 4 fully saturated rings. The van der Waals surface area contributed by atoms with Crippen molar-refractivity contribution in [2.24, 2.45) is 0 Å². The number of aromatic nitrogens is 2. The van der Waals surface area contributed by atoms with E-state index in [2.05, 4.69) is 21.1 Å². The third-order valence-electron chi connectivity index (χ3n) is 10.1. The SMILES string of the molecule is C#Cc1c(F)ccc2cc(O)cc(-c3c(F)cc4c(N5C[C@H]6CC[C@@H](C5)N6)nc(OC[C@@]56CCCN5C[C@H](F)C6)nc4c3F)c12. The Balaban J connectivity index is 1.30. The van der Waals surface area contributed by atoms with E-state index in [-0.39, 0.29) is 57.9 Å². The van der Waals surface area contributed by atoms with E-state index in [1.165, 1.54) is 24.3 Å². The van der Waals surface area contributed by atoms with Crippen molar-refractivity contribution in [1.29, 1.82) is 0 Å². The summed E-state index contributed by atoms with van der Waals surface area (Å²) in [6, 6.07) is 6.61. The van der Waals surface area contributed by atoms with E-state index in [1.54, 1.807) is 0 Å². The van der Waals surface area contributed by atoms with Crippen molar-refractivity contribution >= 4 is 27.5 Å². The van der Waals surface area contributed by atoms with Crippen LogP contribution >= 0.6 is 0 Å². The summed E-state index contributed by atoms with van der Waals surface area (Å²) < 4.78 is 68.4. The molecule has 0 amide bonds. The maximum atomic E-state index is 16.8. The number of nitrogens with one attached hydrogen (secondary N) is 1. The Kier molecular flexibility index (Phi) is 6.59. The molecule has 5 heterocycles. The Morgan fingerprint density at radius 1 is 1.07 bits per heavy atom. The third-order valence-corrected chi connectivity index (χ3v) is 10.1. The number of benzene rings is 3. The molecule has 3 aromatic carbocycles. The zero-order chi connectivity index (χ0) is 31.0. The van der Waals surface area contributed by atoms with E-state index in [1.807, 2.05) is 4.90 Å². The maximum absolute atomic E-state index is 16.8. The lowest BCUT2D eigenvalue weighted by Crippen LogP contribution is -2.51. The van der Waals surface area contributed by atoms with E-state index in [4.69, 9.17) is 16.1 Å². The van der Waals surface area contributed by atoms with Gasteiger partial charge < -0.3 is 20.1 Å². The number of nitrogens with zero attached hydrogens (tertiary/aromatic N) is 4. The minimum absolute atomic E-state index is 0.0838. The molecule has 2 bridgehead atoms. The fraction of sp³-hybridized carbons (Fsp3) is 0.412. The smallest absolute Gasteiger partial charge is 0.319 e. The first-order valence-electron chi connectivity index (χ1n) is 15.4. The number of terminal acetylenes is 1. The fourth-order valence-electron chi connectivity index (χ4n) is 8.09. The standard InChI is InChI=1S/C34H31F4N5O2/c1-2-23-26(36)7-4-18-10-22(44)11-24(28(18)23)29-27(37)12-25-31(30(29)38)40-33(41-32(25)42-15-20-5-6-21(16-42)39-20)45-17-34-8-3-9-43(34)14-19(35)13-34/h1,4,7,10-12,19-21,39,44H,3,5-6,8-9,13-17H2/t19-,20-,21+,34+/m1/s1. The Morgan fingerprint density at radius 2 is 1.87 bits per heavy atom. The predicted molar refractivity (Wildman–Crippen MR) is 163 cm³/mol. The zero-order valence-corrected chi connectivity index (χ0v) is 24.4. The number of halogens is 4. The van der Waals surface area contributed by atoms with Crippen LogP contribution in [0.4, 0.5) is 23.4 Å². The van der Waals surface area contributed by atoms with Crippen LogP contribution in [0.25, 0.3) is 32.8 Å². The summed E-state index contributed by atoms with van der Waals surface area (Å²) >= 11 is 0. The van der Waals surface area contributed by atoms with Gasteiger partial charge in [-0.1, -0.05) is 12.0 Å². The first-order valence-corrected chi connectivity index (χ1v) is 15.4. The summed E-state index contributed by atoms with van der Waals surface area (Å²) in [7, 11) is 0. The number of hydrogen-bond acceptors (Lipinski definition) is 7. The molecule has 0 aliphatic carbocycles. The minimum atomic E-state index is -1.01. The van der Waals surface area contributed by atoms with Gasteiger partial charge >= 0.3 is 6.01 Å². The Labute approximate surface area is 257 Å². The van der Waals surface area contributed by atoms with E-state index >= 15 is 8.78 Å². The Hall–Kier alpha value is -4.14. The van der Waals surface area contributed by atoms with Crippen molar-refractivity contribution in [1.82, 2.24) is 20.2 Å². The largest absolute Gasteiger partial charge is 0.508 e. The van der Waals surface area contributed by atoms with Crippen LogP contribution in [-0.4, -0.2) is 76.6 Å². The quantitative estimate of drug-likeness (QED) is 0.228. The highest BCUT2D eigenvalue weighted by atomic mass is 19.1. The first kappa shape index (κ1) is 28.3. The molecule has 1 aromatic heterocycles. The predicted octanol–water partition coefficient (Wildman–Crippen LogP) is 5.45. The highest BCUT2D eigenvalue weighted by Crippen LogP contribution is 2.43. The van der Waals surface area contributed by atoms with Crippen LogP contribution in [-0.2, 0) is 0 Å². The average Bonchev–Trinajstić information content (AvgIpc) is 3.66. The van der Waals surface area contributed by atoms with E-state index in [0.29, 0.717) is 37.3 Å².